The second-order valence-corrected chi connectivity index (χ2v) is 3.28. The van der Waals surface area contributed by atoms with Crippen LogP contribution in [0.3, 0.4) is 0 Å². The molecule has 1 aromatic heterocycles. The zero-order valence-corrected chi connectivity index (χ0v) is 8.23. The normalized spacial score (nSPS) is 10.4. The van der Waals surface area contributed by atoms with Gasteiger partial charge in [-0.2, -0.15) is 0 Å². The summed E-state index contributed by atoms with van der Waals surface area (Å²) in [6.07, 6.45) is 3.69. The van der Waals surface area contributed by atoms with Gasteiger partial charge in [0.05, 0.1) is 0 Å². The predicted octanol–water partition coefficient (Wildman–Crippen LogP) is 2.02. The van der Waals surface area contributed by atoms with Gasteiger partial charge in [0.1, 0.15) is 0 Å². The lowest BCUT2D eigenvalue weighted by atomic mass is 10.2. The van der Waals surface area contributed by atoms with Gasteiger partial charge in [-0.1, -0.05) is 6.07 Å². The molecular formula is C11H8F2N2O. The molecule has 0 radical (unpaired) electrons. The number of aromatic nitrogens is 2. The number of nitrogens with zero attached hydrogens (tertiary/aromatic N) is 2. The van der Waals surface area contributed by atoms with E-state index < -0.39 is 11.6 Å². The Morgan fingerprint density at radius 3 is 2.81 bits per heavy atom. The molecule has 0 saturated carbocycles. The van der Waals surface area contributed by atoms with E-state index >= 15 is 0 Å². The number of hydrogen-bond donors (Lipinski definition) is 0. The first-order valence-electron chi connectivity index (χ1n) is 4.61. The average Bonchev–Trinajstić information content (AvgIpc) is 2.71. The summed E-state index contributed by atoms with van der Waals surface area (Å²) in [7, 11) is 0. The second kappa shape index (κ2) is 4.22. The number of hydrogen-bond acceptors (Lipinski definition) is 2. The van der Waals surface area contributed by atoms with Crippen molar-refractivity contribution < 1.29 is 13.6 Å². The Morgan fingerprint density at radius 2 is 2.12 bits per heavy atom. The van der Waals surface area contributed by atoms with E-state index in [4.69, 9.17) is 0 Å². The summed E-state index contributed by atoms with van der Waals surface area (Å²) in [4.78, 5) is 14.4. The topological polar surface area (TPSA) is 34.9 Å². The molecule has 0 N–H and O–H groups in total. The maximum Gasteiger partial charge on any atom is 0.185 e. The van der Waals surface area contributed by atoms with Gasteiger partial charge in [0, 0.05) is 18.9 Å². The van der Waals surface area contributed by atoms with Crippen LogP contribution in [-0.4, -0.2) is 15.8 Å². The van der Waals surface area contributed by atoms with Crippen LogP contribution in [0, 0.1) is 11.6 Å². The molecule has 16 heavy (non-hydrogen) atoms. The van der Waals surface area contributed by atoms with E-state index in [0.29, 0.717) is 11.8 Å². The first-order chi connectivity index (χ1) is 7.70. The molecule has 0 spiro atoms. The van der Waals surface area contributed by atoms with Crippen molar-refractivity contribution in [3.8, 4) is 0 Å². The van der Waals surface area contributed by atoms with Gasteiger partial charge < -0.3 is 4.57 Å². The van der Waals surface area contributed by atoms with Crippen LogP contribution >= 0.6 is 0 Å². The standard InChI is InChI=1S/C11H8F2N2O/c12-9-2-1-8(5-10(9)13)6-15-4-3-14-11(15)7-16/h1-5,7H,6H2. The number of imidazole rings is 1. The van der Waals surface area contributed by atoms with Gasteiger partial charge in [0.15, 0.2) is 23.7 Å². The van der Waals surface area contributed by atoms with Crippen molar-refractivity contribution >= 4 is 6.29 Å². The van der Waals surface area contributed by atoms with E-state index in [-0.39, 0.29) is 12.4 Å². The summed E-state index contributed by atoms with van der Waals surface area (Å²) in [5.41, 5.74) is 0.569. The van der Waals surface area contributed by atoms with E-state index in [9.17, 15) is 13.6 Å². The van der Waals surface area contributed by atoms with E-state index in [2.05, 4.69) is 4.98 Å². The molecule has 1 aromatic carbocycles. The Balaban J connectivity index is 2.27. The van der Waals surface area contributed by atoms with E-state index in [0.717, 1.165) is 12.1 Å². The lowest BCUT2D eigenvalue weighted by Crippen LogP contribution is -2.04. The van der Waals surface area contributed by atoms with Crippen molar-refractivity contribution in [2.45, 2.75) is 6.54 Å². The van der Waals surface area contributed by atoms with E-state index in [1.165, 1.54) is 12.3 Å². The first kappa shape index (κ1) is 10.5. The number of aldehydes is 1. The number of halogens is 2. The SMILES string of the molecule is O=Cc1nccn1Cc1ccc(F)c(F)c1. The number of benzene rings is 1. The molecule has 5 heteroatoms. The summed E-state index contributed by atoms with van der Waals surface area (Å²) in [5.74, 6) is -1.53. The van der Waals surface area contributed by atoms with Gasteiger partial charge in [-0.3, -0.25) is 4.79 Å². The van der Waals surface area contributed by atoms with Crippen LogP contribution in [0.15, 0.2) is 30.6 Å². The molecule has 0 saturated heterocycles. The Morgan fingerprint density at radius 1 is 1.31 bits per heavy atom. The minimum Gasteiger partial charge on any atom is -0.324 e. The highest BCUT2D eigenvalue weighted by Crippen LogP contribution is 2.10. The fourth-order valence-electron chi connectivity index (χ4n) is 1.41. The molecule has 0 aliphatic rings. The first-order valence-corrected chi connectivity index (χ1v) is 4.61. The van der Waals surface area contributed by atoms with Gasteiger partial charge in [-0.25, -0.2) is 13.8 Å². The second-order valence-electron chi connectivity index (χ2n) is 3.28. The maximum atomic E-state index is 12.9. The highest BCUT2D eigenvalue weighted by molar-refractivity contribution is 5.69. The minimum atomic E-state index is -0.898. The lowest BCUT2D eigenvalue weighted by Gasteiger charge is -2.04. The molecule has 0 aliphatic heterocycles. The number of carbonyl (C=O) groups excluding carboxylic acids is 1. The number of carbonyl (C=O) groups is 1. The molecule has 2 aromatic rings. The Hall–Kier alpha value is -2.04. The van der Waals surface area contributed by atoms with Crippen LogP contribution in [0.5, 0.6) is 0 Å². The molecule has 1 heterocycles. The smallest absolute Gasteiger partial charge is 0.185 e. The van der Waals surface area contributed by atoms with Crippen molar-refractivity contribution in [2.24, 2.45) is 0 Å². The van der Waals surface area contributed by atoms with Gasteiger partial charge in [0.25, 0.3) is 0 Å². The van der Waals surface area contributed by atoms with Crippen molar-refractivity contribution in [3.63, 3.8) is 0 Å². The third kappa shape index (κ3) is 1.98. The average molecular weight is 222 g/mol. The fourth-order valence-corrected chi connectivity index (χ4v) is 1.41. The van der Waals surface area contributed by atoms with Crippen LogP contribution in [0.4, 0.5) is 8.78 Å². The molecule has 0 unspecified atom stereocenters. The summed E-state index contributed by atoms with van der Waals surface area (Å²) < 4.78 is 27.1. The van der Waals surface area contributed by atoms with Crippen LogP contribution in [0.2, 0.25) is 0 Å². The molecule has 0 amide bonds. The maximum absolute atomic E-state index is 12.9. The van der Waals surface area contributed by atoms with E-state index in [1.807, 2.05) is 0 Å². The van der Waals surface area contributed by atoms with Gasteiger partial charge >= 0.3 is 0 Å². The van der Waals surface area contributed by atoms with Gasteiger partial charge in [-0.05, 0) is 17.7 Å². The van der Waals surface area contributed by atoms with Crippen molar-refractivity contribution in [2.75, 3.05) is 0 Å². The summed E-state index contributed by atoms with van der Waals surface area (Å²) in [6, 6.07) is 3.62. The molecule has 0 fully saturated rings. The molecular weight excluding hydrogens is 214 g/mol. The number of rotatable bonds is 3. The zero-order chi connectivity index (χ0) is 11.5. The highest BCUT2D eigenvalue weighted by atomic mass is 19.2. The monoisotopic (exact) mass is 222 g/mol. The zero-order valence-electron chi connectivity index (χ0n) is 8.23. The van der Waals surface area contributed by atoms with Crippen LogP contribution in [0.25, 0.3) is 0 Å². The highest BCUT2D eigenvalue weighted by Gasteiger charge is 2.05. The van der Waals surface area contributed by atoms with Crippen LogP contribution in [-0.2, 0) is 6.54 Å². The van der Waals surface area contributed by atoms with Crippen molar-refractivity contribution in [3.05, 3.63) is 53.6 Å². The Bertz CT molecular complexity index is 522. The molecule has 0 bridgehead atoms. The van der Waals surface area contributed by atoms with Gasteiger partial charge in [-0.15, -0.1) is 0 Å². The minimum absolute atomic E-state index is 0.254. The third-order valence-corrected chi connectivity index (χ3v) is 2.19. The fraction of sp³-hybridized carbons (Fsp3) is 0.0909. The van der Waals surface area contributed by atoms with Crippen LogP contribution < -0.4 is 0 Å². The quantitative estimate of drug-likeness (QED) is 0.744. The summed E-state index contributed by atoms with van der Waals surface area (Å²) >= 11 is 0. The van der Waals surface area contributed by atoms with Gasteiger partial charge in [0.2, 0.25) is 0 Å². The summed E-state index contributed by atoms with van der Waals surface area (Å²) in [6.45, 7) is 0.283. The molecule has 0 atom stereocenters. The van der Waals surface area contributed by atoms with Crippen LogP contribution in [0.1, 0.15) is 16.2 Å². The molecule has 2 rings (SSSR count). The largest absolute Gasteiger partial charge is 0.324 e. The summed E-state index contributed by atoms with van der Waals surface area (Å²) in [5, 5.41) is 0. The molecule has 0 aliphatic carbocycles. The molecule has 82 valence electrons. The van der Waals surface area contributed by atoms with Crippen molar-refractivity contribution in [1.82, 2.24) is 9.55 Å². The van der Waals surface area contributed by atoms with Crippen molar-refractivity contribution in [1.29, 1.82) is 0 Å². The van der Waals surface area contributed by atoms with E-state index in [1.54, 1.807) is 10.8 Å². The molecule has 3 nitrogen and oxygen atoms in total. The predicted molar refractivity (Wildman–Crippen MR) is 53.1 cm³/mol. The third-order valence-electron chi connectivity index (χ3n) is 2.19. The Kier molecular flexibility index (Phi) is 2.76. The Labute approximate surface area is 90.3 Å². The lowest BCUT2D eigenvalue weighted by molar-refractivity contribution is 0.111.